The lowest BCUT2D eigenvalue weighted by atomic mass is 9.98. The van der Waals surface area contributed by atoms with Gasteiger partial charge in [0, 0.05) is 24.1 Å². The number of fused-ring (bicyclic) bond motifs is 2. The molecule has 0 amide bonds. The van der Waals surface area contributed by atoms with Gasteiger partial charge in [0.1, 0.15) is 29.4 Å². The van der Waals surface area contributed by atoms with Crippen LogP contribution >= 0.6 is 11.3 Å². The Morgan fingerprint density at radius 2 is 1.82 bits per heavy atom. The van der Waals surface area contributed by atoms with E-state index in [2.05, 4.69) is 15.2 Å². The van der Waals surface area contributed by atoms with Crippen molar-refractivity contribution in [2.24, 2.45) is 0 Å². The highest BCUT2D eigenvalue weighted by Gasteiger charge is 2.22. The highest BCUT2D eigenvalue weighted by molar-refractivity contribution is 7.18. The maximum absolute atomic E-state index is 13.4. The molecule has 0 fully saturated rings. The van der Waals surface area contributed by atoms with E-state index in [0.717, 1.165) is 22.1 Å². The first-order valence-electron chi connectivity index (χ1n) is 13.8. The molecule has 0 aliphatic heterocycles. The molecule has 0 bridgehead atoms. The zero-order valence-electron chi connectivity index (χ0n) is 24.1. The van der Waals surface area contributed by atoms with Gasteiger partial charge in [0.2, 0.25) is 4.96 Å². The molecule has 44 heavy (non-hydrogen) atoms. The van der Waals surface area contributed by atoms with E-state index in [0.29, 0.717) is 55.7 Å². The van der Waals surface area contributed by atoms with E-state index < -0.39 is 0 Å². The fraction of sp³-hybridized carbons (Fsp3) is 0.152. The second-order valence-electron chi connectivity index (χ2n) is 10.1. The van der Waals surface area contributed by atoms with E-state index in [1.54, 1.807) is 31.9 Å². The van der Waals surface area contributed by atoms with Crippen LogP contribution in [0.2, 0.25) is 0 Å². The molecule has 0 atom stereocenters. The van der Waals surface area contributed by atoms with Crippen LogP contribution in [-0.4, -0.2) is 39.8 Å². The molecule has 0 saturated carbocycles. The van der Waals surface area contributed by atoms with Crippen LogP contribution in [0.1, 0.15) is 27.2 Å². The smallest absolute Gasteiger partial charge is 0.294 e. The Bertz CT molecular complexity index is 2090. The monoisotopic (exact) mass is 606 g/mol. The largest absolute Gasteiger partial charge is 0.496 e. The van der Waals surface area contributed by atoms with Gasteiger partial charge >= 0.3 is 0 Å². The van der Waals surface area contributed by atoms with Gasteiger partial charge in [0.15, 0.2) is 17.3 Å². The summed E-state index contributed by atoms with van der Waals surface area (Å²) in [4.78, 5) is 18.7. The number of aromatic nitrogens is 4. The third kappa shape index (κ3) is 5.18. The van der Waals surface area contributed by atoms with Gasteiger partial charge in [-0.3, -0.25) is 4.79 Å². The first-order chi connectivity index (χ1) is 21.5. The van der Waals surface area contributed by atoms with Crippen molar-refractivity contribution in [1.82, 2.24) is 19.8 Å². The molecule has 11 heteroatoms. The van der Waals surface area contributed by atoms with Gasteiger partial charge in [-0.25, -0.2) is 9.50 Å². The summed E-state index contributed by atoms with van der Waals surface area (Å²) in [5.74, 6) is 2.20. The number of benzene rings is 3. The van der Waals surface area contributed by atoms with Crippen LogP contribution < -0.4 is 14.2 Å². The molecule has 0 aliphatic rings. The van der Waals surface area contributed by atoms with Crippen LogP contribution in [0, 0.1) is 6.92 Å². The number of ketones is 1. The molecule has 0 radical (unpaired) electrons. The number of ether oxygens (including phenoxy) is 3. The molecule has 7 rings (SSSR count). The van der Waals surface area contributed by atoms with Gasteiger partial charge in [-0.2, -0.15) is 0 Å². The van der Waals surface area contributed by atoms with Crippen LogP contribution in [0.25, 0.3) is 38.7 Å². The van der Waals surface area contributed by atoms with Crippen LogP contribution in [-0.2, 0) is 13.0 Å². The summed E-state index contributed by atoms with van der Waals surface area (Å²) in [7, 11) is 3.17. The number of Topliss-reactive ketones (excluding diaryl/α,β-unsaturated/α-hetero) is 1. The quantitative estimate of drug-likeness (QED) is 0.149. The number of imidazole rings is 1. The zero-order chi connectivity index (χ0) is 30.2. The van der Waals surface area contributed by atoms with Crippen LogP contribution in [0.4, 0.5) is 0 Å². The van der Waals surface area contributed by atoms with Gasteiger partial charge in [0.25, 0.3) is 5.19 Å². The Kier molecular flexibility index (Phi) is 7.07. The van der Waals surface area contributed by atoms with Crippen molar-refractivity contribution < 1.29 is 27.9 Å². The van der Waals surface area contributed by atoms with Crippen molar-refractivity contribution in [3.8, 4) is 39.5 Å². The van der Waals surface area contributed by atoms with Crippen LogP contribution in [0.5, 0.6) is 16.7 Å². The fourth-order valence-electron chi connectivity index (χ4n) is 5.08. The van der Waals surface area contributed by atoms with Crippen molar-refractivity contribution in [1.29, 1.82) is 0 Å². The summed E-state index contributed by atoms with van der Waals surface area (Å²) in [5, 5.41) is 9.71. The maximum atomic E-state index is 13.4. The van der Waals surface area contributed by atoms with E-state index >= 15 is 0 Å². The SMILES string of the molecule is COc1cc(OCc2cccc(CC(=O)c3c(C)noc3-c3ccccc3)c2)c2cc(-c3cn4nc(OC)sc4n3)oc2c1. The number of nitrogens with zero attached hydrogens (tertiary/aromatic N) is 4. The number of furan rings is 1. The summed E-state index contributed by atoms with van der Waals surface area (Å²) in [6.07, 6.45) is 1.99. The Hall–Kier alpha value is -5.42. The lowest BCUT2D eigenvalue weighted by molar-refractivity contribution is 0.0992. The Morgan fingerprint density at radius 3 is 2.61 bits per heavy atom. The first-order valence-corrected chi connectivity index (χ1v) is 14.6. The third-order valence-electron chi connectivity index (χ3n) is 7.19. The normalized spacial score (nSPS) is 11.3. The number of carbonyl (C=O) groups is 1. The highest BCUT2D eigenvalue weighted by Crippen LogP contribution is 2.38. The minimum absolute atomic E-state index is 0.0612. The lowest BCUT2D eigenvalue weighted by Gasteiger charge is -2.10. The molecule has 0 saturated heterocycles. The fourth-order valence-corrected chi connectivity index (χ4v) is 5.78. The van der Waals surface area contributed by atoms with Crippen molar-refractivity contribution in [3.05, 3.63) is 101 Å². The Morgan fingerprint density at radius 1 is 0.977 bits per heavy atom. The molecule has 220 valence electrons. The molecule has 0 spiro atoms. The second-order valence-corrected chi connectivity index (χ2v) is 11.0. The number of aryl methyl sites for hydroxylation is 1. The molecule has 4 aromatic heterocycles. The minimum Gasteiger partial charge on any atom is -0.496 e. The molecule has 10 nitrogen and oxygen atoms in total. The average Bonchev–Trinajstić information content (AvgIpc) is 3.82. The average molecular weight is 607 g/mol. The molecule has 4 heterocycles. The number of hydrogen-bond donors (Lipinski definition) is 0. The predicted octanol–water partition coefficient (Wildman–Crippen LogP) is 7.19. The standard InChI is InChI=1S/C33H26N4O6S/c1-19-30(31(43-36-19)22-10-5-4-6-11-22)26(38)13-20-8-7-9-21(12-20)18-41-27-14-23(39-2)15-28-24(27)16-29(42-28)25-17-37-32(34-25)44-33(35-37)40-3/h4-12,14-17H,13,18H2,1-3H3. The summed E-state index contributed by atoms with van der Waals surface area (Å²) in [6.45, 7) is 2.06. The van der Waals surface area contributed by atoms with Crippen molar-refractivity contribution in [3.63, 3.8) is 0 Å². The zero-order valence-corrected chi connectivity index (χ0v) is 24.9. The van der Waals surface area contributed by atoms with E-state index in [-0.39, 0.29) is 18.8 Å². The topological polar surface area (TPSA) is 114 Å². The minimum atomic E-state index is -0.0612. The van der Waals surface area contributed by atoms with Gasteiger partial charge in [-0.05, 0) is 35.5 Å². The van der Waals surface area contributed by atoms with Crippen molar-refractivity contribution >= 4 is 33.1 Å². The molecule has 0 aliphatic carbocycles. The molecule has 0 N–H and O–H groups in total. The molecule has 0 unspecified atom stereocenters. The van der Waals surface area contributed by atoms with E-state index in [9.17, 15) is 4.79 Å². The van der Waals surface area contributed by atoms with E-state index in [1.165, 1.54) is 11.3 Å². The molecule has 7 aromatic rings. The predicted molar refractivity (Wildman–Crippen MR) is 165 cm³/mol. The van der Waals surface area contributed by atoms with E-state index in [4.69, 9.17) is 23.2 Å². The molecular weight excluding hydrogens is 580 g/mol. The number of hydrogen-bond acceptors (Lipinski definition) is 10. The number of carbonyl (C=O) groups excluding carboxylic acids is 1. The van der Waals surface area contributed by atoms with E-state index in [1.807, 2.05) is 72.8 Å². The summed E-state index contributed by atoms with van der Waals surface area (Å²) < 4.78 is 30.3. The van der Waals surface area contributed by atoms with Crippen LogP contribution in [0.3, 0.4) is 0 Å². The molecule has 3 aromatic carbocycles. The number of methoxy groups -OCH3 is 2. The third-order valence-corrected chi connectivity index (χ3v) is 8.07. The van der Waals surface area contributed by atoms with Gasteiger partial charge in [0.05, 0.1) is 37.1 Å². The van der Waals surface area contributed by atoms with Crippen LogP contribution in [0.15, 0.2) is 87.9 Å². The molecular formula is C33H26N4O6S. The van der Waals surface area contributed by atoms with Gasteiger partial charge in [-0.15, -0.1) is 5.10 Å². The Labute approximate surface area is 255 Å². The summed E-state index contributed by atoms with van der Waals surface area (Å²) >= 11 is 1.34. The number of rotatable bonds is 10. The van der Waals surface area contributed by atoms with Crippen molar-refractivity contribution in [2.75, 3.05) is 14.2 Å². The summed E-state index contributed by atoms with van der Waals surface area (Å²) in [6, 6.07) is 22.9. The highest BCUT2D eigenvalue weighted by atomic mass is 32.1. The summed E-state index contributed by atoms with van der Waals surface area (Å²) in [5.41, 5.74) is 4.91. The first kappa shape index (κ1) is 27.4. The second kappa shape index (κ2) is 11.3. The lowest BCUT2D eigenvalue weighted by Crippen LogP contribution is -2.06. The van der Waals surface area contributed by atoms with Gasteiger partial charge in [-0.1, -0.05) is 59.8 Å². The van der Waals surface area contributed by atoms with Gasteiger partial charge < -0.3 is 23.2 Å². The Balaban J connectivity index is 1.11. The van der Waals surface area contributed by atoms with Crippen molar-refractivity contribution in [2.45, 2.75) is 20.0 Å². The maximum Gasteiger partial charge on any atom is 0.294 e.